The molecule has 0 fully saturated rings. The van der Waals surface area contributed by atoms with Crippen LogP contribution < -0.4 is 11.1 Å². The highest BCUT2D eigenvalue weighted by atomic mass is 19.1. The summed E-state index contributed by atoms with van der Waals surface area (Å²) in [6, 6.07) is 9.51. The third-order valence-electron chi connectivity index (χ3n) is 3.47. The number of rotatable bonds is 1. The van der Waals surface area contributed by atoms with Crippen LogP contribution in [-0.4, -0.2) is 6.54 Å². The number of halogens is 2. The van der Waals surface area contributed by atoms with Crippen molar-refractivity contribution in [2.45, 2.75) is 12.5 Å². The number of hydrogen-bond acceptors (Lipinski definition) is 2. The van der Waals surface area contributed by atoms with Crippen molar-refractivity contribution in [3.05, 3.63) is 64.7 Å². The van der Waals surface area contributed by atoms with E-state index in [1.54, 1.807) is 6.07 Å². The van der Waals surface area contributed by atoms with E-state index < -0.39 is 11.6 Å². The molecule has 1 atom stereocenters. The fraction of sp³-hybridized carbons (Fsp3) is 0.200. The summed E-state index contributed by atoms with van der Waals surface area (Å²) in [4.78, 5) is 0. The fourth-order valence-corrected chi connectivity index (χ4v) is 2.63. The van der Waals surface area contributed by atoms with Gasteiger partial charge in [-0.05, 0) is 41.3 Å². The minimum Gasteiger partial charge on any atom is -0.399 e. The zero-order valence-corrected chi connectivity index (χ0v) is 10.3. The van der Waals surface area contributed by atoms with Crippen LogP contribution >= 0.6 is 0 Å². The lowest BCUT2D eigenvalue weighted by Crippen LogP contribution is -2.31. The third kappa shape index (κ3) is 2.19. The Labute approximate surface area is 110 Å². The molecule has 2 aromatic carbocycles. The second kappa shape index (κ2) is 4.63. The lowest BCUT2D eigenvalue weighted by atomic mass is 9.89. The molecule has 0 bridgehead atoms. The van der Waals surface area contributed by atoms with Crippen molar-refractivity contribution in [2.75, 3.05) is 12.3 Å². The molecule has 1 unspecified atom stereocenters. The van der Waals surface area contributed by atoms with Crippen molar-refractivity contribution in [3.63, 3.8) is 0 Å². The van der Waals surface area contributed by atoms with Crippen LogP contribution in [0.25, 0.3) is 0 Å². The molecule has 4 heteroatoms. The average molecular weight is 260 g/mol. The summed E-state index contributed by atoms with van der Waals surface area (Å²) in [5.74, 6) is -1.01. The van der Waals surface area contributed by atoms with Crippen LogP contribution in [0, 0.1) is 11.6 Å². The van der Waals surface area contributed by atoms with Gasteiger partial charge in [0.1, 0.15) is 11.6 Å². The van der Waals surface area contributed by atoms with Gasteiger partial charge in [-0.2, -0.15) is 0 Å². The van der Waals surface area contributed by atoms with E-state index in [4.69, 9.17) is 5.73 Å². The molecule has 3 N–H and O–H groups in total. The summed E-state index contributed by atoms with van der Waals surface area (Å²) in [7, 11) is 0. The third-order valence-corrected chi connectivity index (χ3v) is 3.47. The molecule has 0 saturated carbocycles. The Morgan fingerprint density at radius 2 is 2.00 bits per heavy atom. The molecule has 0 radical (unpaired) electrons. The highest BCUT2D eigenvalue weighted by Crippen LogP contribution is 2.31. The van der Waals surface area contributed by atoms with Crippen molar-refractivity contribution >= 4 is 5.69 Å². The van der Waals surface area contributed by atoms with E-state index in [-0.39, 0.29) is 6.04 Å². The number of benzene rings is 2. The van der Waals surface area contributed by atoms with Gasteiger partial charge in [0.25, 0.3) is 0 Å². The molecule has 1 aliphatic rings. The van der Waals surface area contributed by atoms with Crippen LogP contribution in [-0.2, 0) is 6.42 Å². The standard InChI is InChI=1S/C15H14F2N2/c16-10-7-13-12(14(17)8-10)4-5-19-15(13)9-2-1-3-11(18)6-9/h1-3,6-8,15,19H,4-5,18H2. The van der Waals surface area contributed by atoms with Gasteiger partial charge in [0, 0.05) is 18.3 Å². The minimum atomic E-state index is -0.547. The van der Waals surface area contributed by atoms with E-state index in [0.717, 1.165) is 11.6 Å². The van der Waals surface area contributed by atoms with E-state index >= 15 is 0 Å². The number of nitrogen functional groups attached to an aromatic ring is 1. The lowest BCUT2D eigenvalue weighted by Gasteiger charge is -2.28. The highest BCUT2D eigenvalue weighted by Gasteiger charge is 2.24. The first-order chi connectivity index (χ1) is 9.15. The number of fused-ring (bicyclic) bond motifs is 1. The zero-order chi connectivity index (χ0) is 13.4. The molecular weight excluding hydrogens is 246 g/mol. The predicted octanol–water partition coefficient (Wildman–Crippen LogP) is 2.78. The van der Waals surface area contributed by atoms with Gasteiger partial charge < -0.3 is 11.1 Å². The molecule has 1 heterocycles. The summed E-state index contributed by atoms with van der Waals surface area (Å²) < 4.78 is 27.2. The molecule has 0 saturated heterocycles. The Morgan fingerprint density at radius 1 is 1.16 bits per heavy atom. The van der Waals surface area contributed by atoms with E-state index in [1.165, 1.54) is 6.07 Å². The van der Waals surface area contributed by atoms with Gasteiger partial charge in [-0.15, -0.1) is 0 Å². The predicted molar refractivity (Wildman–Crippen MR) is 70.8 cm³/mol. The maximum Gasteiger partial charge on any atom is 0.129 e. The van der Waals surface area contributed by atoms with E-state index in [2.05, 4.69) is 5.32 Å². The molecule has 2 nitrogen and oxygen atoms in total. The van der Waals surface area contributed by atoms with Crippen LogP contribution in [0.2, 0.25) is 0 Å². The molecule has 19 heavy (non-hydrogen) atoms. The second-order valence-electron chi connectivity index (χ2n) is 4.76. The van der Waals surface area contributed by atoms with E-state index in [9.17, 15) is 8.78 Å². The van der Waals surface area contributed by atoms with Crippen molar-refractivity contribution in [2.24, 2.45) is 0 Å². The zero-order valence-electron chi connectivity index (χ0n) is 10.3. The van der Waals surface area contributed by atoms with Crippen LogP contribution in [0.15, 0.2) is 36.4 Å². The van der Waals surface area contributed by atoms with Gasteiger partial charge in [-0.25, -0.2) is 8.78 Å². The first kappa shape index (κ1) is 12.1. The van der Waals surface area contributed by atoms with Crippen molar-refractivity contribution in [1.29, 1.82) is 0 Å². The smallest absolute Gasteiger partial charge is 0.129 e. The topological polar surface area (TPSA) is 38.0 Å². The van der Waals surface area contributed by atoms with Gasteiger partial charge >= 0.3 is 0 Å². The van der Waals surface area contributed by atoms with E-state index in [1.807, 2.05) is 18.2 Å². The Bertz CT molecular complexity index is 626. The molecular formula is C15H14F2N2. The summed E-state index contributed by atoms with van der Waals surface area (Å²) >= 11 is 0. The van der Waals surface area contributed by atoms with Crippen molar-refractivity contribution in [3.8, 4) is 0 Å². The first-order valence-electron chi connectivity index (χ1n) is 6.22. The monoisotopic (exact) mass is 260 g/mol. The van der Waals surface area contributed by atoms with Crippen LogP contribution in [0.3, 0.4) is 0 Å². The molecule has 1 aliphatic heterocycles. The number of nitrogens with one attached hydrogen (secondary N) is 1. The van der Waals surface area contributed by atoms with E-state index in [0.29, 0.717) is 29.8 Å². The largest absolute Gasteiger partial charge is 0.399 e. The van der Waals surface area contributed by atoms with Gasteiger partial charge in [0.15, 0.2) is 0 Å². The average Bonchev–Trinajstić information content (AvgIpc) is 2.38. The fourth-order valence-electron chi connectivity index (χ4n) is 2.63. The molecule has 0 aliphatic carbocycles. The molecule has 0 amide bonds. The molecule has 98 valence electrons. The molecule has 0 aromatic heterocycles. The van der Waals surface area contributed by atoms with Crippen molar-refractivity contribution < 1.29 is 8.78 Å². The summed E-state index contributed by atoms with van der Waals surface area (Å²) in [5.41, 5.74) is 8.59. The Morgan fingerprint density at radius 3 is 2.79 bits per heavy atom. The quantitative estimate of drug-likeness (QED) is 0.774. The molecule has 0 spiro atoms. The Kier molecular flexibility index (Phi) is 2.95. The summed E-state index contributed by atoms with van der Waals surface area (Å²) in [5, 5.41) is 3.28. The second-order valence-corrected chi connectivity index (χ2v) is 4.76. The maximum absolute atomic E-state index is 13.8. The maximum atomic E-state index is 13.8. The highest BCUT2D eigenvalue weighted by molar-refractivity contribution is 5.46. The van der Waals surface area contributed by atoms with Gasteiger partial charge in [0.05, 0.1) is 6.04 Å². The van der Waals surface area contributed by atoms with Crippen LogP contribution in [0.1, 0.15) is 22.7 Å². The molecule has 2 aromatic rings. The normalized spacial score (nSPS) is 18.1. The minimum absolute atomic E-state index is 0.211. The number of anilines is 1. The Balaban J connectivity index is 2.12. The molecule has 3 rings (SSSR count). The SMILES string of the molecule is Nc1cccc(C2NCCc3c(F)cc(F)cc32)c1. The number of hydrogen-bond donors (Lipinski definition) is 2. The van der Waals surface area contributed by atoms with Crippen LogP contribution in [0.4, 0.5) is 14.5 Å². The first-order valence-corrected chi connectivity index (χ1v) is 6.22. The van der Waals surface area contributed by atoms with Gasteiger partial charge in [0.2, 0.25) is 0 Å². The van der Waals surface area contributed by atoms with Crippen LogP contribution in [0.5, 0.6) is 0 Å². The van der Waals surface area contributed by atoms with Gasteiger partial charge in [-0.1, -0.05) is 12.1 Å². The lowest BCUT2D eigenvalue weighted by molar-refractivity contribution is 0.514. The summed E-state index contributed by atoms with van der Waals surface area (Å²) in [6.45, 7) is 0.662. The van der Waals surface area contributed by atoms with Crippen molar-refractivity contribution in [1.82, 2.24) is 5.32 Å². The summed E-state index contributed by atoms with van der Waals surface area (Å²) in [6.07, 6.45) is 0.570. The van der Waals surface area contributed by atoms with Gasteiger partial charge in [-0.3, -0.25) is 0 Å². The number of nitrogens with two attached hydrogens (primary N) is 1. The Hall–Kier alpha value is -1.94.